The van der Waals surface area contributed by atoms with Gasteiger partial charge in [-0.25, -0.2) is 0 Å². The molecule has 7 nitrogen and oxygen atoms in total. The Morgan fingerprint density at radius 2 is 1.70 bits per heavy atom. The van der Waals surface area contributed by atoms with E-state index in [1.54, 1.807) is 47.6 Å². The smallest absolute Gasteiger partial charge is 0.261 e. The van der Waals surface area contributed by atoms with Gasteiger partial charge in [-0.2, -0.15) is 0 Å². The number of imide groups is 1. The molecule has 1 aromatic heterocycles. The molecule has 3 heterocycles. The average molecular weight is 364 g/mol. The monoisotopic (exact) mass is 364 g/mol. The van der Waals surface area contributed by atoms with E-state index in [9.17, 15) is 14.4 Å². The van der Waals surface area contributed by atoms with E-state index in [0.29, 0.717) is 24.2 Å². The Balaban J connectivity index is 1.56. The Morgan fingerprint density at radius 1 is 1.04 bits per heavy atom. The second-order valence-corrected chi connectivity index (χ2v) is 6.94. The van der Waals surface area contributed by atoms with E-state index < -0.39 is 0 Å². The maximum Gasteiger partial charge on any atom is 0.261 e. The fourth-order valence-electron chi connectivity index (χ4n) is 3.52. The van der Waals surface area contributed by atoms with E-state index in [0.717, 1.165) is 18.4 Å². The van der Waals surface area contributed by atoms with Crippen molar-refractivity contribution in [2.45, 2.75) is 25.4 Å². The molecule has 4 rings (SSSR count). The highest BCUT2D eigenvalue weighted by molar-refractivity contribution is 6.22. The van der Waals surface area contributed by atoms with Crippen LogP contribution < -0.4 is 5.73 Å². The van der Waals surface area contributed by atoms with Crippen LogP contribution in [0.4, 0.5) is 0 Å². The molecule has 7 heteroatoms. The number of piperidine rings is 1. The van der Waals surface area contributed by atoms with Crippen LogP contribution in [0.5, 0.6) is 0 Å². The number of likely N-dealkylation sites (tertiary alicyclic amines) is 1. The predicted molar refractivity (Wildman–Crippen MR) is 98.0 cm³/mol. The minimum atomic E-state index is -0.373. The number of hydrogen-bond acceptors (Lipinski definition) is 5. The number of carbonyl (C=O) groups is 3. The number of hydrogen-bond donors (Lipinski definition) is 1. The highest BCUT2D eigenvalue weighted by Crippen LogP contribution is 2.26. The highest BCUT2D eigenvalue weighted by atomic mass is 16.2. The molecule has 2 aliphatic rings. The second kappa shape index (κ2) is 6.92. The summed E-state index contributed by atoms with van der Waals surface area (Å²) in [6, 6.07) is 8.40. The summed E-state index contributed by atoms with van der Waals surface area (Å²) < 4.78 is 0. The second-order valence-electron chi connectivity index (χ2n) is 6.94. The zero-order valence-corrected chi connectivity index (χ0v) is 14.8. The van der Waals surface area contributed by atoms with Crippen LogP contribution in [0.15, 0.2) is 42.7 Å². The molecule has 0 unspecified atom stereocenters. The van der Waals surface area contributed by atoms with Gasteiger partial charge in [0.1, 0.15) is 0 Å². The topological polar surface area (TPSA) is 96.6 Å². The van der Waals surface area contributed by atoms with Crippen LogP contribution in [0.2, 0.25) is 0 Å². The van der Waals surface area contributed by atoms with Gasteiger partial charge >= 0.3 is 0 Å². The lowest BCUT2D eigenvalue weighted by Gasteiger charge is -2.30. The molecule has 0 aliphatic carbocycles. The molecule has 0 spiro atoms. The van der Waals surface area contributed by atoms with Crippen LogP contribution in [-0.4, -0.2) is 51.6 Å². The van der Waals surface area contributed by atoms with Crippen molar-refractivity contribution >= 4 is 17.7 Å². The molecular weight excluding hydrogens is 344 g/mol. The van der Waals surface area contributed by atoms with Crippen LogP contribution in [0.1, 0.15) is 49.5 Å². The molecule has 2 aliphatic heterocycles. The molecule has 0 bridgehead atoms. The van der Waals surface area contributed by atoms with Gasteiger partial charge in [0.2, 0.25) is 0 Å². The number of pyridine rings is 1. The van der Waals surface area contributed by atoms with Crippen LogP contribution in [0.3, 0.4) is 0 Å². The summed E-state index contributed by atoms with van der Waals surface area (Å²) in [4.78, 5) is 45.0. The highest BCUT2D eigenvalue weighted by Gasteiger charge is 2.36. The molecule has 3 amide bonds. The van der Waals surface area contributed by atoms with Crippen LogP contribution in [0.25, 0.3) is 0 Å². The molecular formula is C20H20N4O3. The number of carbonyl (C=O) groups excluding carboxylic acids is 3. The first-order chi connectivity index (χ1) is 13.0. The summed E-state index contributed by atoms with van der Waals surface area (Å²) in [5.74, 6) is -0.839. The van der Waals surface area contributed by atoms with E-state index >= 15 is 0 Å². The van der Waals surface area contributed by atoms with Gasteiger partial charge < -0.3 is 10.6 Å². The van der Waals surface area contributed by atoms with Crippen molar-refractivity contribution in [2.24, 2.45) is 5.73 Å². The fraction of sp³-hybridized carbons (Fsp3) is 0.300. The first-order valence-electron chi connectivity index (χ1n) is 8.98. The van der Waals surface area contributed by atoms with Crippen LogP contribution in [0, 0.1) is 0 Å². The Kier molecular flexibility index (Phi) is 4.45. The lowest BCUT2D eigenvalue weighted by molar-refractivity contribution is 0.0641. The van der Waals surface area contributed by atoms with Gasteiger partial charge in [-0.1, -0.05) is 0 Å². The predicted octanol–water partition coefficient (Wildman–Crippen LogP) is 1.44. The van der Waals surface area contributed by atoms with Gasteiger partial charge in [0.05, 0.1) is 17.7 Å². The third-order valence-corrected chi connectivity index (χ3v) is 5.13. The molecule has 0 saturated carbocycles. The lowest BCUT2D eigenvalue weighted by atomic mass is 10.0. The van der Waals surface area contributed by atoms with Gasteiger partial charge in [0, 0.05) is 37.1 Å². The van der Waals surface area contributed by atoms with Crippen molar-refractivity contribution in [3.8, 4) is 0 Å². The van der Waals surface area contributed by atoms with E-state index in [1.165, 1.54) is 4.90 Å². The van der Waals surface area contributed by atoms with Crippen molar-refractivity contribution in [2.75, 3.05) is 13.1 Å². The van der Waals surface area contributed by atoms with E-state index in [4.69, 9.17) is 5.73 Å². The zero-order chi connectivity index (χ0) is 19.0. The Hall–Kier alpha value is -3.06. The number of amides is 3. The largest absolute Gasteiger partial charge is 0.339 e. The van der Waals surface area contributed by atoms with Crippen LogP contribution >= 0.6 is 0 Å². The third kappa shape index (κ3) is 3.21. The van der Waals surface area contributed by atoms with Gasteiger partial charge in [0.25, 0.3) is 17.7 Å². The van der Waals surface area contributed by atoms with Crippen LogP contribution in [-0.2, 0) is 6.54 Å². The lowest BCUT2D eigenvalue weighted by Crippen LogP contribution is -2.42. The molecule has 0 radical (unpaired) electrons. The average Bonchev–Trinajstić information content (AvgIpc) is 2.93. The van der Waals surface area contributed by atoms with Gasteiger partial charge in [-0.15, -0.1) is 0 Å². The number of fused-ring (bicyclic) bond motifs is 1. The first-order valence-corrected chi connectivity index (χ1v) is 8.98. The van der Waals surface area contributed by atoms with Gasteiger partial charge in [-0.05, 0) is 48.7 Å². The standard InChI is InChI=1S/C20H20N4O3/c21-15-5-9-23(10-6-15)18(25)14-1-2-16-17(11-14)20(27)24(19(16)26)12-13-3-7-22-8-4-13/h1-4,7-8,11,15H,5-6,9-10,12,21H2. The molecule has 27 heavy (non-hydrogen) atoms. The molecule has 1 fully saturated rings. The van der Waals surface area contributed by atoms with Crippen molar-refractivity contribution < 1.29 is 14.4 Å². The Labute approximate surface area is 156 Å². The number of nitrogens with zero attached hydrogens (tertiary/aromatic N) is 3. The quantitative estimate of drug-likeness (QED) is 0.832. The number of aromatic nitrogens is 1. The Morgan fingerprint density at radius 3 is 2.41 bits per heavy atom. The van der Waals surface area contributed by atoms with Gasteiger partial charge in [-0.3, -0.25) is 24.3 Å². The normalized spacial score (nSPS) is 17.4. The summed E-state index contributed by atoms with van der Waals surface area (Å²) in [5.41, 5.74) is 7.76. The summed E-state index contributed by atoms with van der Waals surface area (Å²) in [6.45, 7) is 1.40. The molecule has 1 saturated heterocycles. The maximum absolute atomic E-state index is 12.8. The summed E-state index contributed by atoms with van der Waals surface area (Å²) >= 11 is 0. The molecule has 138 valence electrons. The van der Waals surface area contributed by atoms with Crippen molar-refractivity contribution in [3.63, 3.8) is 0 Å². The summed E-state index contributed by atoms with van der Waals surface area (Å²) in [5, 5.41) is 0. The fourth-order valence-corrected chi connectivity index (χ4v) is 3.52. The number of nitrogens with two attached hydrogens (primary N) is 1. The maximum atomic E-state index is 12.8. The Bertz CT molecular complexity index is 905. The van der Waals surface area contributed by atoms with E-state index in [2.05, 4.69) is 4.98 Å². The van der Waals surface area contributed by atoms with Gasteiger partial charge in [0.15, 0.2) is 0 Å². The third-order valence-electron chi connectivity index (χ3n) is 5.13. The van der Waals surface area contributed by atoms with E-state index in [1.807, 2.05) is 0 Å². The SMILES string of the molecule is NC1CCN(C(=O)c2ccc3c(c2)C(=O)N(Cc2ccncc2)C3=O)CC1. The van der Waals surface area contributed by atoms with Crippen molar-refractivity contribution in [1.29, 1.82) is 0 Å². The number of rotatable bonds is 3. The number of benzene rings is 1. The first kappa shape index (κ1) is 17.4. The minimum absolute atomic E-state index is 0.127. The molecule has 0 atom stereocenters. The molecule has 1 aromatic carbocycles. The molecule has 2 aromatic rings. The van der Waals surface area contributed by atoms with Crippen molar-refractivity contribution in [1.82, 2.24) is 14.8 Å². The minimum Gasteiger partial charge on any atom is -0.339 e. The molecule has 2 N–H and O–H groups in total. The van der Waals surface area contributed by atoms with E-state index in [-0.39, 0.29) is 35.9 Å². The summed E-state index contributed by atoms with van der Waals surface area (Å²) in [6.07, 6.45) is 4.78. The summed E-state index contributed by atoms with van der Waals surface area (Å²) in [7, 11) is 0. The zero-order valence-electron chi connectivity index (χ0n) is 14.8. The van der Waals surface area contributed by atoms with Crippen molar-refractivity contribution in [3.05, 3.63) is 65.0 Å².